The molecule has 2 rings (SSSR count). The van der Waals surface area contributed by atoms with Crippen molar-refractivity contribution in [1.82, 2.24) is 10.6 Å². The summed E-state index contributed by atoms with van der Waals surface area (Å²) in [5.74, 6) is 1.09. The summed E-state index contributed by atoms with van der Waals surface area (Å²) in [4.78, 5) is 1.29. The fraction of sp³-hybridized carbons (Fsp3) is 0.462. The van der Waals surface area contributed by atoms with Crippen molar-refractivity contribution in [2.75, 3.05) is 26.0 Å². The fourth-order valence-electron chi connectivity index (χ4n) is 1.99. The molecule has 1 unspecified atom stereocenters. The number of thioether (sulfide) groups is 1. The molecule has 0 radical (unpaired) electrons. The molecule has 3 nitrogen and oxygen atoms in total. The van der Waals surface area contributed by atoms with Crippen LogP contribution in [0.1, 0.15) is 18.0 Å². The first-order valence-electron chi connectivity index (χ1n) is 6.16. The Morgan fingerprint density at radius 2 is 2.42 bits per heavy atom. The Kier molecular flexibility index (Phi) is 5.76. The molecular formula is C13H17ClN2OS2. The molecule has 2 N–H and O–H groups in total. The second kappa shape index (κ2) is 7.33. The molecule has 0 aromatic heterocycles. The summed E-state index contributed by atoms with van der Waals surface area (Å²) in [6.07, 6.45) is 1.05. The molecule has 104 valence electrons. The molecule has 1 heterocycles. The van der Waals surface area contributed by atoms with Crippen LogP contribution in [-0.4, -0.2) is 31.1 Å². The van der Waals surface area contributed by atoms with Gasteiger partial charge in [0.25, 0.3) is 0 Å². The van der Waals surface area contributed by atoms with Gasteiger partial charge in [-0.15, -0.1) is 11.8 Å². The lowest BCUT2D eigenvalue weighted by molar-refractivity contribution is 0.204. The predicted molar refractivity (Wildman–Crippen MR) is 85.1 cm³/mol. The van der Waals surface area contributed by atoms with Gasteiger partial charge in [-0.3, -0.25) is 0 Å². The van der Waals surface area contributed by atoms with Crippen molar-refractivity contribution in [3.05, 3.63) is 28.8 Å². The number of nitrogens with one attached hydrogen (secondary N) is 2. The van der Waals surface area contributed by atoms with Gasteiger partial charge >= 0.3 is 0 Å². The zero-order valence-electron chi connectivity index (χ0n) is 10.7. The van der Waals surface area contributed by atoms with Crippen molar-refractivity contribution >= 4 is 40.7 Å². The Balaban J connectivity index is 1.99. The van der Waals surface area contributed by atoms with Gasteiger partial charge in [0.05, 0.1) is 12.6 Å². The average Bonchev–Trinajstić information content (AvgIpc) is 2.40. The largest absolute Gasteiger partial charge is 0.383 e. The SMILES string of the molecule is COCCNC(=S)NC1CCSc2ccc(Cl)cc21. The number of fused-ring (bicyclic) bond motifs is 1. The molecule has 0 fully saturated rings. The van der Waals surface area contributed by atoms with Gasteiger partial charge in [-0.25, -0.2) is 0 Å². The summed E-state index contributed by atoms with van der Waals surface area (Å²) >= 11 is 13.2. The molecule has 1 aromatic carbocycles. The molecular weight excluding hydrogens is 300 g/mol. The topological polar surface area (TPSA) is 33.3 Å². The molecule has 1 atom stereocenters. The van der Waals surface area contributed by atoms with Crippen LogP contribution in [0.3, 0.4) is 0 Å². The molecule has 19 heavy (non-hydrogen) atoms. The highest BCUT2D eigenvalue weighted by Gasteiger charge is 2.21. The Bertz CT molecular complexity index is 456. The van der Waals surface area contributed by atoms with Crippen LogP contribution in [0.5, 0.6) is 0 Å². The van der Waals surface area contributed by atoms with Crippen LogP contribution in [-0.2, 0) is 4.74 Å². The molecule has 0 aliphatic carbocycles. The maximum atomic E-state index is 6.08. The van der Waals surface area contributed by atoms with E-state index in [-0.39, 0.29) is 6.04 Å². The zero-order valence-corrected chi connectivity index (χ0v) is 13.1. The van der Waals surface area contributed by atoms with Crippen molar-refractivity contribution in [2.45, 2.75) is 17.4 Å². The first-order chi connectivity index (χ1) is 9.20. The Morgan fingerprint density at radius 1 is 1.58 bits per heavy atom. The highest BCUT2D eigenvalue weighted by atomic mass is 35.5. The van der Waals surface area contributed by atoms with Gasteiger partial charge in [0.1, 0.15) is 0 Å². The lowest BCUT2D eigenvalue weighted by Gasteiger charge is -2.27. The number of rotatable bonds is 4. The smallest absolute Gasteiger partial charge is 0.166 e. The average molecular weight is 317 g/mol. The van der Waals surface area contributed by atoms with Crippen LogP contribution in [0, 0.1) is 0 Å². The van der Waals surface area contributed by atoms with E-state index in [0.717, 1.165) is 17.2 Å². The van der Waals surface area contributed by atoms with E-state index in [1.165, 1.54) is 10.5 Å². The van der Waals surface area contributed by atoms with E-state index in [4.69, 9.17) is 28.6 Å². The number of thiocarbonyl (C=S) groups is 1. The molecule has 0 bridgehead atoms. The number of halogens is 1. The Morgan fingerprint density at radius 3 is 3.21 bits per heavy atom. The maximum absolute atomic E-state index is 6.08. The third-order valence-corrected chi connectivity index (χ3v) is 4.53. The summed E-state index contributed by atoms with van der Waals surface area (Å²) in [6, 6.07) is 6.28. The lowest BCUT2D eigenvalue weighted by Crippen LogP contribution is -2.40. The van der Waals surface area contributed by atoms with E-state index in [1.54, 1.807) is 7.11 Å². The normalized spacial score (nSPS) is 17.7. The highest BCUT2D eigenvalue weighted by Crippen LogP contribution is 2.37. The predicted octanol–water partition coefficient (Wildman–Crippen LogP) is 2.99. The van der Waals surface area contributed by atoms with Crippen LogP contribution in [0.2, 0.25) is 5.02 Å². The number of benzene rings is 1. The van der Waals surface area contributed by atoms with Gasteiger partial charge in [-0.1, -0.05) is 11.6 Å². The Labute approximate surface area is 128 Å². The van der Waals surface area contributed by atoms with E-state index < -0.39 is 0 Å². The van der Waals surface area contributed by atoms with E-state index in [1.807, 2.05) is 23.9 Å². The van der Waals surface area contributed by atoms with Crippen LogP contribution >= 0.6 is 35.6 Å². The monoisotopic (exact) mass is 316 g/mol. The highest BCUT2D eigenvalue weighted by molar-refractivity contribution is 7.99. The summed E-state index contributed by atoms with van der Waals surface area (Å²) in [5, 5.41) is 7.92. The molecule has 1 aliphatic heterocycles. The van der Waals surface area contributed by atoms with Gasteiger partial charge in [-0.2, -0.15) is 0 Å². The number of hydrogen-bond donors (Lipinski definition) is 2. The van der Waals surface area contributed by atoms with Crippen molar-refractivity contribution in [1.29, 1.82) is 0 Å². The van der Waals surface area contributed by atoms with Crippen LogP contribution in [0.4, 0.5) is 0 Å². The maximum Gasteiger partial charge on any atom is 0.166 e. The third kappa shape index (κ3) is 4.24. The van der Waals surface area contributed by atoms with Crippen LogP contribution in [0.15, 0.2) is 23.1 Å². The lowest BCUT2D eigenvalue weighted by atomic mass is 10.0. The molecule has 6 heteroatoms. The number of hydrogen-bond acceptors (Lipinski definition) is 3. The Hall–Kier alpha value is -0.490. The molecule has 0 saturated carbocycles. The second-order valence-electron chi connectivity index (χ2n) is 4.26. The quantitative estimate of drug-likeness (QED) is 0.659. The van der Waals surface area contributed by atoms with Gasteiger partial charge in [0, 0.05) is 29.3 Å². The summed E-state index contributed by atoms with van der Waals surface area (Å²) < 4.78 is 4.98. The fourth-order valence-corrected chi connectivity index (χ4v) is 3.52. The third-order valence-electron chi connectivity index (χ3n) is 2.91. The van der Waals surface area contributed by atoms with E-state index in [9.17, 15) is 0 Å². The molecule has 0 amide bonds. The summed E-state index contributed by atoms with van der Waals surface area (Å²) in [7, 11) is 1.68. The van der Waals surface area contributed by atoms with Gasteiger partial charge in [0.15, 0.2) is 5.11 Å². The van der Waals surface area contributed by atoms with Crippen molar-refractivity contribution in [3.8, 4) is 0 Å². The van der Waals surface area contributed by atoms with Crippen molar-refractivity contribution in [2.24, 2.45) is 0 Å². The first kappa shape index (κ1) is 14.9. The standard InChI is InChI=1S/C13H17ClN2OS2/c1-17-6-5-15-13(18)16-11-4-7-19-12-3-2-9(14)8-10(11)12/h2-3,8,11H,4-7H2,1H3,(H2,15,16,18). The minimum Gasteiger partial charge on any atom is -0.383 e. The van der Waals surface area contributed by atoms with Crippen LogP contribution < -0.4 is 10.6 Å². The van der Waals surface area contributed by atoms with Gasteiger partial charge < -0.3 is 15.4 Å². The molecule has 1 aromatic rings. The molecule has 1 aliphatic rings. The number of methoxy groups -OCH3 is 1. The van der Waals surface area contributed by atoms with Crippen molar-refractivity contribution < 1.29 is 4.74 Å². The second-order valence-corrected chi connectivity index (χ2v) is 6.25. The minimum atomic E-state index is 0.234. The van der Waals surface area contributed by atoms with E-state index in [0.29, 0.717) is 18.3 Å². The number of ether oxygens (including phenoxy) is 1. The zero-order chi connectivity index (χ0) is 13.7. The minimum absolute atomic E-state index is 0.234. The first-order valence-corrected chi connectivity index (χ1v) is 7.93. The molecule has 0 saturated heterocycles. The van der Waals surface area contributed by atoms with Crippen LogP contribution in [0.25, 0.3) is 0 Å². The molecule has 0 spiro atoms. The van der Waals surface area contributed by atoms with Gasteiger partial charge in [0.2, 0.25) is 0 Å². The van der Waals surface area contributed by atoms with E-state index in [2.05, 4.69) is 16.7 Å². The van der Waals surface area contributed by atoms with E-state index >= 15 is 0 Å². The van der Waals surface area contributed by atoms with Crippen molar-refractivity contribution in [3.63, 3.8) is 0 Å². The summed E-state index contributed by atoms with van der Waals surface area (Å²) in [5.41, 5.74) is 1.24. The summed E-state index contributed by atoms with van der Waals surface area (Å²) in [6.45, 7) is 1.36. The van der Waals surface area contributed by atoms with Gasteiger partial charge in [-0.05, 0) is 42.4 Å².